The van der Waals surface area contributed by atoms with E-state index >= 15 is 0 Å². The van der Waals surface area contributed by atoms with E-state index in [0.717, 1.165) is 35.6 Å². The van der Waals surface area contributed by atoms with Crippen molar-refractivity contribution in [1.29, 1.82) is 0 Å². The highest BCUT2D eigenvalue weighted by Gasteiger charge is 2.28. The Morgan fingerprint density at radius 3 is 2.57 bits per heavy atom. The first kappa shape index (κ1) is 20.4. The lowest BCUT2D eigenvalue weighted by Gasteiger charge is -2.24. The second-order valence-electron chi connectivity index (χ2n) is 6.93. The number of hydrogen-bond donors (Lipinski definition) is 1. The van der Waals surface area contributed by atoms with Gasteiger partial charge < -0.3 is 14.8 Å². The van der Waals surface area contributed by atoms with Crippen molar-refractivity contribution in [2.75, 3.05) is 32.6 Å². The Morgan fingerprint density at radius 2 is 1.93 bits per heavy atom. The minimum atomic E-state index is -0.422. The van der Waals surface area contributed by atoms with Gasteiger partial charge in [0.2, 0.25) is 5.91 Å². The molecule has 0 bridgehead atoms. The van der Waals surface area contributed by atoms with Gasteiger partial charge in [0.25, 0.3) is 0 Å². The van der Waals surface area contributed by atoms with Crippen molar-refractivity contribution in [2.45, 2.75) is 32.7 Å². The maximum atomic E-state index is 12.7. The van der Waals surface area contributed by atoms with Crippen LogP contribution in [-0.2, 0) is 9.53 Å². The van der Waals surface area contributed by atoms with Gasteiger partial charge in [-0.3, -0.25) is 9.69 Å². The Labute approximate surface area is 169 Å². The number of esters is 1. The van der Waals surface area contributed by atoms with Gasteiger partial charge in [0.1, 0.15) is 10.8 Å². The summed E-state index contributed by atoms with van der Waals surface area (Å²) in [7, 11) is 3.00. The highest BCUT2D eigenvalue weighted by molar-refractivity contribution is 7.16. The molecule has 1 saturated heterocycles. The summed E-state index contributed by atoms with van der Waals surface area (Å²) in [5, 5.41) is 3.48. The highest BCUT2D eigenvalue weighted by Crippen LogP contribution is 2.34. The summed E-state index contributed by atoms with van der Waals surface area (Å²) >= 11 is 1.41. The first-order valence-corrected chi connectivity index (χ1v) is 10.1. The van der Waals surface area contributed by atoms with Crippen LogP contribution in [0.1, 0.15) is 45.2 Å². The topological polar surface area (TPSA) is 67.9 Å². The summed E-state index contributed by atoms with van der Waals surface area (Å²) in [5.41, 5.74) is 2.49. The lowest BCUT2D eigenvalue weighted by atomic mass is 10.0. The van der Waals surface area contributed by atoms with Crippen LogP contribution >= 0.6 is 11.3 Å². The quantitative estimate of drug-likeness (QED) is 0.742. The van der Waals surface area contributed by atoms with Crippen molar-refractivity contribution in [2.24, 2.45) is 0 Å². The monoisotopic (exact) mass is 402 g/mol. The number of nitrogens with one attached hydrogen (secondary N) is 1. The van der Waals surface area contributed by atoms with Gasteiger partial charge in [-0.25, -0.2) is 4.79 Å². The van der Waals surface area contributed by atoms with E-state index in [1.54, 1.807) is 7.11 Å². The fraction of sp³-hybridized carbons (Fsp3) is 0.429. The van der Waals surface area contributed by atoms with E-state index in [-0.39, 0.29) is 18.5 Å². The first-order valence-electron chi connectivity index (χ1n) is 9.30. The van der Waals surface area contributed by atoms with Crippen LogP contribution in [0, 0.1) is 13.8 Å². The van der Waals surface area contributed by atoms with E-state index in [4.69, 9.17) is 9.47 Å². The molecular weight excluding hydrogens is 376 g/mol. The summed E-state index contributed by atoms with van der Waals surface area (Å²) in [6, 6.07) is 8.23. The van der Waals surface area contributed by atoms with Gasteiger partial charge in [-0.15, -0.1) is 11.3 Å². The molecule has 0 spiro atoms. The summed E-state index contributed by atoms with van der Waals surface area (Å²) in [4.78, 5) is 28.0. The predicted molar refractivity (Wildman–Crippen MR) is 110 cm³/mol. The maximum absolute atomic E-state index is 12.7. The predicted octanol–water partition coefficient (Wildman–Crippen LogP) is 3.94. The van der Waals surface area contributed by atoms with E-state index in [0.29, 0.717) is 10.6 Å². The molecule has 1 atom stereocenters. The fourth-order valence-corrected chi connectivity index (χ4v) is 4.70. The van der Waals surface area contributed by atoms with Crippen LogP contribution in [0.15, 0.2) is 24.3 Å². The van der Waals surface area contributed by atoms with Gasteiger partial charge >= 0.3 is 5.97 Å². The molecule has 1 amide bonds. The average molecular weight is 403 g/mol. The molecule has 7 heteroatoms. The van der Waals surface area contributed by atoms with E-state index < -0.39 is 5.97 Å². The van der Waals surface area contributed by atoms with Gasteiger partial charge in [0.15, 0.2) is 0 Å². The SMILES string of the molecule is COC(=O)c1c(NC(=O)CN2CCCC2c2ccc(OC)cc2)sc(C)c1C. The van der Waals surface area contributed by atoms with Crippen LogP contribution in [0.4, 0.5) is 5.00 Å². The molecule has 2 heterocycles. The van der Waals surface area contributed by atoms with Gasteiger partial charge in [-0.05, 0) is 56.5 Å². The van der Waals surface area contributed by atoms with Crippen molar-refractivity contribution < 1.29 is 19.1 Å². The van der Waals surface area contributed by atoms with Gasteiger partial charge in [0, 0.05) is 10.9 Å². The van der Waals surface area contributed by atoms with E-state index in [9.17, 15) is 9.59 Å². The molecule has 1 aromatic carbocycles. The second kappa shape index (κ2) is 8.75. The van der Waals surface area contributed by atoms with Crippen molar-refractivity contribution in [3.8, 4) is 5.75 Å². The number of benzene rings is 1. The standard InChI is InChI=1S/C21H26N2O4S/c1-13-14(2)28-20(19(13)21(25)27-4)22-18(24)12-23-11-5-6-17(23)15-7-9-16(26-3)10-8-15/h7-10,17H,5-6,11-12H2,1-4H3,(H,22,24). The van der Waals surface area contributed by atoms with Crippen LogP contribution in [0.2, 0.25) is 0 Å². The number of rotatable bonds is 6. The van der Waals surface area contributed by atoms with Crippen LogP contribution in [-0.4, -0.2) is 44.1 Å². The lowest BCUT2D eigenvalue weighted by Crippen LogP contribution is -2.33. The molecule has 0 radical (unpaired) electrons. The number of methoxy groups -OCH3 is 2. The van der Waals surface area contributed by atoms with Crippen LogP contribution in [0.3, 0.4) is 0 Å². The molecule has 1 aromatic heterocycles. The van der Waals surface area contributed by atoms with Crippen LogP contribution < -0.4 is 10.1 Å². The Balaban J connectivity index is 1.70. The van der Waals surface area contributed by atoms with Crippen molar-refractivity contribution >= 4 is 28.2 Å². The zero-order chi connectivity index (χ0) is 20.3. The highest BCUT2D eigenvalue weighted by atomic mass is 32.1. The number of carbonyl (C=O) groups excluding carboxylic acids is 2. The minimum Gasteiger partial charge on any atom is -0.497 e. The lowest BCUT2D eigenvalue weighted by molar-refractivity contribution is -0.117. The Hall–Kier alpha value is -2.38. The molecule has 0 aliphatic carbocycles. The fourth-order valence-electron chi connectivity index (χ4n) is 3.63. The van der Waals surface area contributed by atoms with Crippen molar-refractivity contribution in [3.05, 3.63) is 45.8 Å². The molecule has 28 heavy (non-hydrogen) atoms. The van der Waals surface area contributed by atoms with Crippen LogP contribution in [0.25, 0.3) is 0 Å². The smallest absolute Gasteiger partial charge is 0.341 e. The molecule has 1 unspecified atom stereocenters. The number of aryl methyl sites for hydroxylation is 1. The molecule has 150 valence electrons. The molecular formula is C21H26N2O4S. The third-order valence-electron chi connectivity index (χ3n) is 5.24. The van der Waals surface area contributed by atoms with Crippen molar-refractivity contribution in [3.63, 3.8) is 0 Å². The molecule has 1 N–H and O–H groups in total. The minimum absolute atomic E-state index is 0.119. The first-order chi connectivity index (χ1) is 13.4. The number of nitrogens with zero attached hydrogens (tertiary/aromatic N) is 1. The van der Waals surface area contributed by atoms with Gasteiger partial charge in [-0.2, -0.15) is 0 Å². The number of ether oxygens (including phenoxy) is 2. The summed E-state index contributed by atoms with van der Waals surface area (Å²) in [6.07, 6.45) is 2.07. The van der Waals surface area contributed by atoms with E-state index in [2.05, 4.69) is 22.3 Å². The van der Waals surface area contributed by atoms with E-state index in [1.165, 1.54) is 24.0 Å². The molecule has 1 aliphatic heterocycles. The molecule has 1 aliphatic rings. The molecule has 6 nitrogen and oxygen atoms in total. The number of anilines is 1. The second-order valence-corrected chi connectivity index (χ2v) is 8.15. The zero-order valence-corrected chi connectivity index (χ0v) is 17.5. The summed E-state index contributed by atoms with van der Waals surface area (Å²) in [5.74, 6) is 0.283. The number of hydrogen-bond acceptors (Lipinski definition) is 6. The average Bonchev–Trinajstić information content (AvgIpc) is 3.25. The molecule has 2 aromatic rings. The van der Waals surface area contributed by atoms with Crippen LogP contribution in [0.5, 0.6) is 5.75 Å². The molecule has 0 saturated carbocycles. The largest absolute Gasteiger partial charge is 0.497 e. The summed E-state index contributed by atoms with van der Waals surface area (Å²) < 4.78 is 10.1. The summed E-state index contributed by atoms with van der Waals surface area (Å²) in [6.45, 7) is 4.96. The van der Waals surface area contributed by atoms with Gasteiger partial charge in [-0.1, -0.05) is 12.1 Å². The number of amides is 1. The maximum Gasteiger partial charge on any atom is 0.341 e. The number of likely N-dealkylation sites (tertiary alicyclic amines) is 1. The van der Waals surface area contributed by atoms with E-state index in [1.807, 2.05) is 26.0 Å². The number of carbonyl (C=O) groups is 2. The zero-order valence-electron chi connectivity index (χ0n) is 16.7. The molecule has 3 rings (SSSR count). The Morgan fingerprint density at radius 1 is 1.21 bits per heavy atom. The third-order valence-corrected chi connectivity index (χ3v) is 6.36. The normalized spacial score (nSPS) is 16.8. The van der Waals surface area contributed by atoms with Crippen molar-refractivity contribution in [1.82, 2.24) is 4.90 Å². The third kappa shape index (κ3) is 4.20. The van der Waals surface area contributed by atoms with Gasteiger partial charge in [0.05, 0.1) is 26.3 Å². The molecule has 1 fully saturated rings. The Kier molecular flexibility index (Phi) is 6.36. The Bertz CT molecular complexity index is 860. The number of thiophene rings is 1.